The first-order valence-corrected chi connectivity index (χ1v) is 13.0. The number of morpholine rings is 1. The normalized spacial score (nSPS) is 20.6. The van der Waals surface area contributed by atoms with Crippen molar-refractivity contribution in [2.75, 3.05) is 26.3 Å². The first-order valence-electron chi connectivity index (χ1n) is 13.0. The number of amides is 1. The van der Waals surface area contributed by atoms with Crippen LogP contribution in [-0.2, 0) is 38.6 Å². The molecule has 1 fully saturated rings. The molecular weight excluding hydrogens is 466 g/mol. The van der Waals surface area contributed by atoms with Gasteiger partial charge in [0.15, 0.2) is 5.76 Å². The number of ether oxygens (including phenoxy) is 3. The Morgan fingerprint density at radius 3 is 2.51 bits per heavy atom. The van der Waals surface area contributed by atoms with Crippen LogP contribution in [-0.4, -0.2) is 48.5 Å². The molecule has 2 atom stereocenters. The molecule has 0 aromatic heterocycles. The summed E-state index contributed by atoms with van der Waals surface area (Å²) in [7, 11) is 0. The first-order chi connectivity index (χ1) is 18.2. The zero-order valence-corrected chi connectivity index (χ0v) is 20.8. The van der Waals surface area contributed by atoms with Crippen LogP contribution in [0.1, 0.15) is 40.2 Å². The molecule has 0 bridgehead atoms. The summed E-state index contributed by atoms with van der Waals surface area (Å²) in [6.07, 6.45) is 2.96. The number of hydrogen-bond acceptors (Lipinski definition) is 5. The van der Waals surface area contributed by atoms with E-state index in [-0.39, 0.29) is 18.4 Å². The highest BCUT2D eigenvalue weighted by atomic mass is 16.7. The molecule has 3 aromatic rings. The molecule has 6 rings (SSSR count). The predicted molar refractivity (Wildman–Crippen MR) is 140 cm³/mol. The van der Waals surface area contributed by atoms with Crippen LogP contribution in [0.15, 0.2) is 78.6 Å². The Morgan fingerprint density at radius 2 is 1.70 bits per heavy atom. The fourth-order valence-corrected chi connectivity index (χ4v) is 5.51. The van der Waals surface area contributed by atoms with Gasteiger partial charge in [0.25, 0.3) is 5.91 Å². The molecule has 3 aromatic carbocycles. The monoisotopic (exact) mass is 497 g/mol. The molecule has 0 radical (unpaired) electrons. The van der Waals surface area contributed by atoms with Gasteiger partial charge in [0.1, 0.15) is 0 Å². The molecule has 190 valence electrons. The van der Waals surface area contributed by atoms with Crippen LogP contribution >= 0.6 is 0 Å². The topological polar surface area (TPSA) is 68.2 Å². The van der Waals surface area contributed by atoms with Crippen molar-refractivity contribution in [3.63, 3.8) is 0 Å². The van der Waals surface area contributed by atoms with Gasteiger partial charge < -0.3 is 24.2 Å². The van der Waals surface area contributed by atoms with Gasteiger partial charge in [-0.3, -0.25) is 4.79 Å². The predicted octanol–water partition coefficient (Wildman–Crippen LogP) is 4.54. The molecule has 0 spiro atoms. The number of carbonyl (C=O) groups excluding carboxylic acids is 1. The Hall–Kier alpha value is -3.45. The van der Waals surface area contributed by atoms with Gasteiger partial charge in [-0.15, -0.1) is 0 Å². The number of aliphatic hydroxyl groups is 1. The molecule has 1 saturated heterocycles. The van der Waals surface area contributed by atoms with Crippen LogP contribution < -0.4 is 0 Å². The molecule has 3 aliphatic rings. The molecular formula is C31H31NO5. The molecule has 6 nitrogen and oxygen atoms in total. The Bertz CT molecular complexity index is 1310. The Balaban J connectivity index is 1.28. The second-order valence-corrected chi connectivity index (χ2v) is 9.82. The fraction of sp³-hybridized carbons (Fsp3) is 0.323. The SMILES string of the molecule is O=C(C1=C[C@H](c2cccc3c2Cc2ccccc2-3)C[C@H](OCc2ccc(CO)cc2)O1)N1CCOCC1. The van der Waals surface area contributed by atoms with Gasteiger partial charge in [0.05, 0.1) is 26.4 Å². The summed E-state index contributed by atoms with van der Waals surface area (Å²) >= 11 is 0. The second kappa shape index (κ2) is 10.5. The highest BCUT2D eigenvalue weighted by Crippen LogP contribution is 2.43. The molecule has 1 amide bonds. The summed E-state index contributed by atoms with van der Waals surface area (Å²) in [5, 5.41) is 9.31. The van der Waals surface area contributed by atoms with Gasteiger partial charge >= 0.3 is 0 Å². The van der Waals surface area contributed by atoms with Gasteiger partial charge in [-0.2, -0.15) is 0 Å². The highest BCUT2D eigenvalue weighted by molar-refractivity contribution is 5.92. The van der Waals surface area contributed by atoms with E-state index >= 15 is 0 Å². The van der Waals surface area contributed by atoms with E-state index < -0.39 is 6.29 Å². The first kappa shape index (κ1) is 23.9. The van der Waals surface area contributed by atoms with Crippen molar-refractivity contribution < 1.29 is 24.1 Å². The van der Waals surface area contributed by atoms with E-state index in [1.165, 1.54) is 27.8 Å². The standard InChI is InChI=1S/C31H31NO5/c33-19-21-8-10-22(11-9-21)20-36-30-18-24(17-29(37-30)31(34)32-12-14-35-15-13-32)26-6-3-7-27-25-5-2-1-4-23(25)16-28(26)27/h1-11,17,24,30,33H,12-16,18-20H2/t24-,30+/m0/s1. The van der Waals surface area contributed by atoms with E-state index in [1.807, 2.05) is 30.3 Å². The van der Waals surface area contributed by atoms with Crippen LogP contribution in [0.2, 0.25) is 0 Å². The van der Waals surface area contributed by atoms with Gasteiger partial charge in [0, 0.05) is 25.4 Å². The molecule has 0 saturated carbocycles. The smallest absolute Gasteiger partial charge is 0.288 e. The van der Waals surface area contributed by atoms with E-state index in [4.69, 9.17) is 14.2 Å². The van der Waals surface area contributed by atoms with E-state index in [0.717, 1.165) is 17.5 Å². The maximum Gasteiger partial charge on any atom is 0.288 e. The largest absolute Gasteiger partial charge is 0.459 e. The Labute approximate surface area is 217 Å². The van der Waals surface area contributed by atoms with Crippen molar-refractivity contribution in [3.05, 3.63) is 106 Å². The minimum absolute atomic E-state index is 0.000215. The number of hydrogen-bond donors (Lipinski definition) is 1. The third-order valence-electron chi connectivity index (χ3n) is 7.49. The van der Waals surface area contributed by atoms with Crippen LogP contribution in [0, 0.1) is 0 Å². The van der Waals surface area contributed by atoms with Crippen LogP contribution in [0.5, 0.6) is 0 Å². The minimum Gasteiger partial charge on any atom is -0.459 e. The third-order valence-corrected chi connectivity index (χ3v) is 7.49. The molecule has 0 unspecified atom stereocenters. The lowest BCUT2D eigenvalue weighted by Gasteiger charge is -2.33. The average molecular weight is 498 g/mol. The zero-order valence-electron chi connectivity index (χ0n) is 20.8. The average Bonchev–Trinajstić information content (AvgIpc) is 3.35. The van der Waals surface area contributed by atoms with E-state index in [0.29, 0.717) is 45.1 Å². The maximum absolute atomic E-state index is 13.4. The van der Waals surface area contributed by atoms with Gasteiger partial charge in [0.2, 0.25) is 6.29 Å². The molecule has 1 aliphatic carbocycles. The number of carbonyl (C=O) groups is 1. The number of fused-ring (bicyclic) bond motifs is 3. The quantitative estimate of drug-likeness (QED) is 0.424. The summed E-state index contributed by atoms with van der Waals surface area (Å²) < 4.78 is 17.8. The lowest BCUT2D eigenvalue weighted by atomic mass is 9.87. The lowest BCUT2D eigenvalue weighted by molar-refractivity contribution is -0.158. The molecule has 2 aliphatic heterocycles. The van der Waals surface area contributed by atoms with Gasteiger partial charge in [-0.1, -0.05) is 66.7 Å². The highest BCUT2D eigenvalue weighted by Gasteiger charge is 2.33. The summed E-state index contributed by atoms with van der Waals surface area (Å²) in [4.78, 5) is 15.2. The number of rotatable bonds is 6. The number of aliphatic hydroxyl groups excluding tert-OH is 1. The van der Waals surface area contributed by atoms with Crippen LogP contribution in [0.25, 0.3) is 11.1 Å². The lowest BCUT2D eigenvalue weighted by Crippen LogP contribution is -2.43. The maximum atomic E-state index is 13.4. The van der Waals surface area contributed by atoms with Crippen molar-refractivity contribution in [1.82, 2.24) is 4.90 Å². The van der Waals surface area contributed by atoms with Crippen LogP contribution in [0.4, 0.5) is 0 Å². The van der Waals surface area contributed by atoms with Crippen molar-refractivity contribution in [1.29, 1.82) is 0 Å². The Kier molecular flexibility index (Phi) is 6.79. The van der Waals surface area contributed by atoms with E-state index in [9.17, 15) is 9.90 Å². The summed E-state index contributed by atoms with van der Waals surface area (Å²) in [5.41, 5.74) is 8.30. The summed E-state index contributed by atoms with van der Waals surface area (Å²) in [5.74, 6) is 0.247. The van der Waals surface area contributed by atoms with Gasteiger partial charge in [-0.25, -0.2) is 0 Å². The van der Waals surface area contributed by atoms with Gasteiger partial charge in [-0.05, 0) is 51.4 Å². The Morgan fingerprint density at radius 1 is 0.946 bits per heavy atom. The molecule has 1 N–H and O–H groups in total. The molecule has 6 heteroatoms. The van der Waals surface area contributed by atoms with Crippen molar-refractivity contribution in [3.8, 4) is 11.1 Å². The van der Waals surface area contributed by atoms with Crippen molar-refractivity contribution in [2.24, 2.45) is 0 Å². The third kappa shape index (κ3) is 4.92. The molecule has 37 heavy (non-hydrogen) atoms. The fourth-order valence-electron chi connectivity index (χ4n) is 5.51. The van der Waals surface area contributed by atoms with E-state index in [2.05, 4.69) is 42.5 Å². The number of allylic oxidation sites excluding steroid dienone is 1. The summed E-state index contributed by atoms with van der Waals surface area (Å²) in [6, 6.07) is 22.7. The van der Waals surface area contributed by atoms with Crippen molar-refractivity contribution in [2.45, 2.75) is 38.3 Å². The number of benzene rings is 3. The van der Waals surface area contributed by atoms with Crippen LogP contribution in [0.3, 0.4) is 0 Å². The minimum atomic E-state index is -0.549. The number of nitrogens with zero attached hydrogens (tertiary/aromatic N) is 1. The zero-order chi connectivity index (χ0) is 25.2. The second-order valence-electron chi connectivity index (χ2n) is 9.82. The molecule has 2 heterocycles. The van der Waals surface area contributed by atoms with E-state index in [1.54, 1.807) is 4.90 Å². The van der Waals surface area contributed by atoms with Crippen molar-refractivity contribution >= 4 is 5.91 Å². The summed E-state index contributed by atoms with van der Waals surface area (Å²) in [6.45, 7) is 2.57.